The fourth-order valence-corrected chi connectivity index (χ4v) is 4.47. The molecule has 0 bridgehead atoms. The lowest BCUT2D eigenvalue weighted by Crippen LogP contribution is -2.14. The molecule has 0 radical (unpaired) electrons. The minimum atomic E-state index is -0.289. The van der Waals surface area contributed by atoms with Gasteiger partial charge in [-0.2, -0.15) is 4.52 Å². The van der Waals surface area contributed by atoms with Gasteiger partial charge in [-0.25, -0.2) is 9.37 Å². The third-order valence-electron chi connectivity index (χ3n) is 3.84. The molecular weight excluding hydrogens is 417 g/mol. The number of benzene rings is 2. The minimum Gasteiger partial charge on any atom is -0.267 e. The number of aromatic nitrogens is 3. The van der Waals surface area contributed by atoms with Gasteiger partial charge >= 0.3 is 0 Å². The maximum absolute atomic E-state index is 13.0. The molecule has 0 saturated heterocycles. The summed E-state index contributed by atoms with van der Waals surface area (Å²) >= 11 is 8.81. The van der Waals surface area contributed by atoms with Crippen LogP contribution in [0.5, 0.6) is 0 Å². The van der Waals surface area contributed by atoms with Crippen LogP contribution in [0.25, 0.3) is 17.1 Å². The monoisotopic (exact) mass is 429 g/mol. The van der Waals surface area contributed by atoms with Crippen molar-refractivity contribution >= 4 is 51.8 Å². The molecule has 0 aliphatic carbocycles. The first-order valence-electron chi connectivity index (χ1n) is 8.29. The summed E-state index contributed by atoms with van der Waals surface area (Å²) in [5.41, 5.74) is 2.24. The molecule has 4 rings (SSSR count). The van der Waals surface area contributed by atoms with Gasteiger partial charge in [0.05, 0.1) is 5.69 Å². The zero-order chi connectivity index (χ0) is 19.5. The van der Waals surface area contributed by atoms with Gasteiger partial charge < -0.3 is 0 Å². The van der Waals surface area contributed by atoms with Crippen LogP contribution in [0.1, 0.15) is 16.8 Å². The minimum absolute atomic E-state index is 0.238. The molecule has 0 amide bonds. The molecule has 2 aromatic heterocycles. The molecule has 0 fully saturated rings. The van der Waals surface area contributed by atoms with Gasteiger partial charge in [0.1, 0.15) is 5.82 Å². The topological polar surface area (TPSA) is 47.3 Å². The summed E-state index contributed by atoms with van der Waals surface area (Å²) in [7, 11) is 0. The Balaban J connectivity index is 1.54. The molecule has 0 spiro atoms. The maximum Gasteiger partial charge on any atom is 0.275 e. The van der Waals surface area contributed by atoms with E-state index in [1.807, 2.05) is 24.3 Å². The quantitative estimate of drug-likeness (QED) is 0.398. The van der Waals surface area contributed by atoms with E-state index < -0.39 is 0 Å². The van der Waals surface area contributed by atoms with Crippen LogP contribution in [0.3, 0.4) is 0 Å². The molecular formula is C20H13ClFN3OS2. The van der Waals surface area contributed by atoms with Crippen molar-refractivity contribution in [1.29, 1.82) is 0 Å². The van der Waals surface area contributed by atoms with Crippen molar-refractivity contribution < 1.29 is 4.39 Å². The Morgan fingerprint density at radius 3 is 2.61 bits per heavy atom. The zero-order valence-corrected chi connectivity index (χ0v) is 16.8. The van der Waals surface area contributed by atoms with Crippen LogP contribution in [0.2, 0.25) is 5.02 Å². The van der Waals surface area contributed by atoms with E-state index in [4.69, 9.17) is 11.6 Å². The van der Waals surface area contributed by atoms with E-state index in [-0.39, 0.29) is 11.4 Å². The average molecular weight is 430 g/mol. The first kappa shape index (κ1) is 18.9. The molecule has 2 heterocycles. The average Bonchev–Trinajstić information content (AvgIpc) is 3.11. The Morgan fingerprint density at radius 2 is 1.86 bits per heavy atom. The lowest BCUT2D eigenvalue weighted by molar-refractivity contribution is 0.628. The summed E-state index contributed by atoms with van der Waals surface area (Å²) < 4.78 is 15.0. The molecule has 4 aromatic rings. The number of hydrogen-bond donors (Lipinski definition) is 0. The van der Waals surface area contributed by atoms with Crippen molar-refractivity contribution in [2.45, 2.75) is 10.1 Å². The number of thioether (sulfide) groups is 1. The Morgan fingerprint density at radius 1 is 1.11 bits per heavy atom. The van der Waals surface area contributed by atoms with Gasteiger partial charge in [-0.1, -0.05) is 65.0 Å². The maximum atomic E-state index is 13.0. The third-order valence-corrected chi connectivity index (χ3v) is 6.20. The molecule has 0 atom stereocenters. The highest BCUT2D eigenvalue weighted by atomic mass is 35.5. The summed E-state index contributed by atoms with van der Waals surface area (Å²) in [5.74, 6) is 0.437. The van der Waals surface area contributed by atoms with Crippen molar-refractivity contribution in [2.75, 3.05) is 0 Å². The Labute approximate surface area is 173 Å². The Bertz CT molecular complexity index is 1200. The highest BCUT2D eigenvalue weighted by Crippen LogP contribution is 2.27. The van der Waals surface area contributed by atoms with E-state index in [0.29, 0.717) is 15.7 Å². The fourth-order valence-electron chi connectivity index (χ4n) is 2.44. The van der Waals surface area contributed by atoms with Crippen molar-refractivity contribution in [1.82, 2.24) is 14.6 Å². The van der Waals surface area contributed by atoms with Crippen molar-refractivity contribution in [3.05, 3.63) is 92.6 Å². The van der Waals surface area contributed by atoms with E-state index in [1.54, 1.807) is 36.0 Å². The molecule has 0 N–H and O–H groups in total. The lowest BCUT2D eigenvalue weighted by atomic mass is 10.2. The van der Waals surface area contributed by atoms with E-state index in [0.717, 1.165) is 21.2 Å². The standard InChI is InChI=1S/C20H13ClFN3OS2/c21-15-6-1-14(2-7-15)12-27-20-24-25-18(26)11-17(23-19(25)28-20)10-5-13-3-8-16(22)9-4-13/h1-11H,12H2. The summed E-state index contributed by atoms with van der Waals surface area (Å²) in [4.78, 5) is 17.4. The zero-order valence-electron chi connectivity index (χ0n) is 14.4. The van der Waals surface area contributed by atoms with Crippen LogP contribution in [0, 0.1) is 5.82 Å². The highest BCUT2D eigenvalue weighted by Gasteiger charge is 2.09. The third kappa shape index (κ3) is 4.49. The highest BCUT2D eigenvalue weighted by molar-refractivity contribution is 8.00. The van der Waals surface area contributed by atoms with Gasteiger partial charge in [0.15, 0.2) is 4.34 Å². The van der Waals surface area contributed by atoms with Crippen molar-refractivity contribution in [2.24, 2.45) is 0 Å². The molecule has 4 nitrogen and oxygen atoms in total. The summed E-state index contributed by atoms with van der Waals surface area (Å²) in [6.45, 7) is 0. The van der Waals surface area contributed by atoms with Crippen LogP contribution in [-0.2, 0) is 5.75 Å². The van der Waals surface area contributed by atoms with Crippen LogP contribution in [0.4, 0.5) is 4.39 Å². The first-order valence-corrected chi connectivity index (χ1v) is 10.5. The second kappa shape index (κ2) is 8.26. The molecule has 0 saturated carbocycles. The van der Waals surface area contributed by atoms with Crippen LogP contribution < -0.4 is 5.56 Å². The Hall–Kier alpha value is -2.48. The summed E-state index contributed by atoms with van der Waals surface area (Å²) in [6, 6.07) is 15.2. The van der Waals surface area contributed by atoms with Gasteiger partial charge in [-0.3, -0.25) is 4.79 Å². The van der Waals surface area contributed by atoms with E-state index in [1.165, 1.54) is 34.1 Å². The largest absolute Gasteiger partial charge is 0.275 e. The lowest BCUT2D eigenvalue weighted by Gasteiger charge is -1.98. The molecule has 0 unspecified atom stereocenters. The molecule has 0 aliphatic rings. The van der Waals surface area contributed by atoms with Crippen LogP contribution in [-0.4, -0.2) is 14.6 Å². The summed E-state index contributed by atoms with van der Waals surface area (Å²) in [6.07, 6.45) is 3.52. The normalized spacial score (nSPS) is 11.5. The van der Waals surface area contributed by atoms with Gasteiger partial charge in [0.25, 0.3) is 5.56 Å². The Kier molecular flexibility index (Phi) is 5.57. The number of hydrogen-bond acceptors (Lipinski definition) is 5. The fraction of sp³-hybridized carbons (Fsp3) is 0.0500. The number of fused-ring (bicyclic) bond motifs is 1. The molecule has 140 valence electrons. The second-order valence-corrected chi connectivity index (χ2v) is 8.50. The number of halogens is 2. The van der Waals surface area contributed by atoms with Crippen LogP contribution in [0.15, 0.2) is 63.7 Å². The van der Waals surface area contributed by atoms with Gasteiger partial charge in [-0.05, 0) is 41.5 Å². The smallest absolute Gasteiger partial charge is 0.267 e. The van der Waals surface area contributed by atoms with Gasteiger partial charge in [-0.15, -0.1) is 5.10 Å². The predicted octanol–water partition coefficient (Wildman–Crippen LogP) is 5.41. The van der Waals surface area contributed by atoms with Gasteiger partial charge in [0.2, 0.25) is 4.96 Å². The second-order valence-electron chi connectivity index (χ2n) is 5.88. The van der Waals surface area contributed by atoms with Crippen molar-refractivity contribution in [3.63, 3.8) is 0 Å². The molecule has 0 aliphatic heterocycles. The SMILES string of the molecule is O=c1cc(C=Cc2ccc(F)cc2)nc2sc(SCc3ccc(Cl)cc3)nn12. The first-order chi connectivity index (χ1) is 13.6. The van der Waals surface area contributed by atoms with E-state index in [9.17, 15) is 9.18 Å². The van der Waals surface area contributed by atoms with Crippen molar-refractivity contribution in [3.8, 4) is 0 Å². The summed E-state index contributed by atoms with van der Waals surface area (Å²) in [5, 5.41) is 5.05. The number of rotatable bonds is 5. The van der Waals surface area contributed by atoms with E-state index in [2.05, 4.69) is 10.1 Å². The molecule has 28 heavy (non-hydrogen) atoms. The number of nitrogens with zero attached hydrogens (tertiary/aromatic N) is 3. The predicted molar refractivity (Wildman–Crippen MR) is 113 cm³/mol. The van der Waals surface area contributed by atoms with E-state index >= 15 is 0 Å². The molecule has 2 aromatic carbocycles. The van der Waals surface area contributed by atoms with Gasteiger partial charge in [0, 0.05) is 16.8 Å². The van der Waals surface area contributed by atoms with Crippen LogP contribution >= 0.6 is 34.7 Å². The molecule has 8 heteroatoms.